The van der Waals surface area contributed by atoms with Crippen LogP contribution < -0.4 is 10.2 Å². The number of aliphatic hydroxyl groups is 1. The zero-order valence-electron chi connectivity index (χ0n) is 11.2. The Bertz CT molecular complexity index is 414. The number of anilines is 1. The molecule has 106 valence electrons. The molecule has 5 heteroatoms. The fraction of sp³-hybridized carbons (Fsp3) is 0.571. The minimum Gasteiger partial charge on any atom is -0.391 e. The van der Waals surface area contributed by atoms with Crippen LogP contribution in [-0.4, -0.2) is 44.6 Å². The summed E-state index contributed by atoms with van der Waals surface area (Å²) >= 11 is 3.62. The van der Waals surface area contributed by atoms with E-state index in [1.54, 1.807) is 7.11 Å². The molecule has 0 bridgehead atoms. The minimum atomic E-state index is -0.186. The van der Waals surface area contributed by atoms with Crippen LogP contribution in [0.3, 0.4) is 0 Å². The van der Waals surface area contributed by atoms with Crippen LogP contribution >= 0.6 is 15.9 Å². The van der Waals surface area contributed by atoms with Crippen LogP contribution in [0.15, 0.2) is 22.7 Å². The van der Waals surface area contributed by atoms with Gasteiger partial charge in [-0.05, 0) is 24.1 Å². The molecule has 1 aliphatic heterocycles. The predicted octanol–water partition coefficient (Wildman–Crippen LogP) is 1.76. The normalized spacial score (nSPS) is 19.1. The molecule has 1 unspecified atom stereocenters. The number of nitrogens with one attached hydrogen (secondary N) is 1. The van der Waals surface area contributed by atoms with E-state index in [0.29, 0.717) is 0 Å². The number of halogens is 1. The molecular formula is C14H21BrN2O2. The van der Waals surface area contributed by atoms with Crippen LogP contribution in [0.1, 0.15) is 12.0 Å². The lowest BCUT2D eigenvalue weighted by Crippen LogP contribution is -2.21. The quantitative estimate of drug-likeness (QED) is 0.781. The lowest BCUT2D eigenvalue weighted by atomic mass is 10.2. The maximum absolute atomic E-state index is 9.58. The summed E-state index contributed by atoms with van der Waals surface area (Å²) in [7, 11) is 1.71. The van der Waals surface area contributed by atoms with Crippen LogP contribution in [0, 0.1) is 0 Å². The molecule has 1 aliphatic rings. The highest BCUT2D eigenvalue weighted by Crippen LogP contribution is 2.26. The summed E-state index contributed by atoms with van der Waals surface area (Å²) in [6, 6.07) is 6.38. The highest BCUT2D eigenvalue weighted by molar-refractivity contribution is 9.10. The van der Waals surface area contributed by atoms with E-state index < -0.39 is 0 Å². The molecule has 0 saturated carbocycles. The monoisotopic (exact) mass is 328 g/mol. The van der Waals surface area contributed by atoms with E-state index in [2.05, 4.69) is 44.3 Å². The molecule has 1 heterocycles. The van der Waals surface area contributed by atoms with Crippen molar-refractivity contribution in [2.75, 3.05) is 38.3 Å². The summed E-state index contributed by atoms with van der Waals surface area (Å²) in [5, 5.41) is 12.9. The van der Waals surface area contributed by atoms with E-state index in [1.807, 2.05) is 0 Å². The summed E-state index contributed by atoms with van der Waals surface area (Å²) < 4.78 is 6.11. The molecule has 19 heavy (non-hydrogen) atoms. The molecule has 0 radical (unpaired) electrons. The van der Waals surface area contributed by atoms with Gasteiger partial charge in [-0.1, -0.05) is 22.0 Å². The number of benzene rings is 1. The first-order valence-corrected chi connectivity index (χ1v) is 7.41. The number of hydrogen-bond acceptors (Lipinski definition) is 4. The third-order valence-corrected chi connectivity index (χ3v) is 4.10. The Morgan fingerprint density at radius 2 is 2.37 bits per heavy atom. The van der Waals surface area contributed by atoms with Gasteiger partial charge in [0, 0.05) is 43.4 Å². The van der Waals surface area contributed by atoms with Gasteiger partial charge in [0.2, 0.25) is 0 Å². The number of β-amino-alcohol motifs (C(OH)–C–C–N with tert-alkyl or cyclic N) is 1. The number of hydrogen-bond donors (Lipinski definition) is 2. The first kappa shape index (κ1) is 14.8. The minimum absolute atomic E-state index is 0.186. The van der Waals surface area contributed by atoms with Gasteiger partial charge in [-0.2, -0.15) is 0 Å². The number of methoxy groups -OCH3 is 1. The topological polar surface area (TPSA) is 44.7 Å². The molecule has 1 aromatic carbocycles. The van der Waals surface area contributed by atoms with Crippen LogP contribution in [0.5, 0.6) is 0 Å². The first-order valence-electron chi connectivity index (χ1n) is 6.62. The predicted molar refractivity (Wildman–Crippen MR) is 80.6 cm³/mol. The SMILES string of the molecule is COCCNCc1ccc(N2CCC(O)C2)cc1Br. The average molecular weight is 329 g/mol. The van der Waals surface area contributed by atoms with E-state index in [9.17, 15) is 5.11 Å². The fourth-order valence-electron chi connectivity index (χ4n) is 2.25. The molecule has 0 spiro atoms. The number of aliphatic hydroxyl groups excluding tert-OH is 1. The zero-order valence-corrected chi connectivity index (χ0v) is 12.8. The van der Waals surface area contributed by atoms with Crippen molar-refractivity contribution in [1.82, 2.24) is 5.32 Å². The summed E-state index contributed by atoms with van der Waals surface area (Å²) in [6.45, 7) is 4.06. The summed E-state index contributed by atoms with van der Waals surface area (Å²) in [5.74, 6) is 0. The maximum atomic E-state index is 9.58. The molecular weight excluding hydrogens is 308 g/mol. The van der Waals surface area contributed by atoms with E-state index in [0.717, 1.165) is 43.7 Å². The molecule has 0 amide bonds. The van der Waals surface area contributed by atoms with Crippen LogP contribution in [0.4, 0.5) is 5.69 Å². The smallest absolute Gasteiger partial charge is 0.0731 e. The van der Waals surface area contributed by atoms with Crippen molar-refractivity contribution in [2.24, 2.45) is 0 Å². The Morgan fingerprint density at radius 3 is 3.00 bits per heavy atom. The largest absolute Gasteiger partial charge is 0.391 e. The van der Waals surface area contributed by atoms with Crippen molar-refractivity contribution in [1.29, 1.82) is 0 Å². The van der Waals surface area contributed by atoms with Crippen LogP contribution in [0.2, 0.25) is 0 Å². The van der Waals surface area contributed by atoms with Crippen molar-refractivity contribution >= 4 is 21.6 Å². The molecule has 2 rings (SSSR count). The van der Waals surface area contributed by atoms with E-state index in [-0.39, 0.29) is 6.10 Å². The van der Waals surface area contributed by atoms with E-state index in [4.69, 9.17) is 4.74 Å². The van der Waals surface area contributed by atoms with Gasteiger partial charge in [0.25, 0.3) is 0 Å². The van der Waals surface area contributed by atoms with Gasteiger partial charge in [-0.15, -0.1) is 0 Å². The lowest BCUT2D eigenvalue weighted by Gasteiger charge is -2.19. The standard InChI is InChI=1S/C14H21BrN2O2/c1-19-7-5-16-9-11-2-3-12(8-14(11)15)17-6-4-13(18)10-17/h2-3,8,13,16,18H,4-7,9-10H2,1H3. The Balaban J connectivity index is 1.93. The Morgan fingerprint density at radius 1 is 1.53 bits per heavy atom. The van der Waals surface area contributed by atoms with Crippen LogP contribution in [-0.2, 0) is 11.3 Å². The fourth-order valence-corrected chi connectivity index (χ4v) is 2.76. The summed E-state index contributed by atoms with van der Waals surface area (Å²) in [6.07, 6.45) is 0.673. The van der Waals surface area contributed by atoms with Crippen molar-refractivity contribution in [2.45, 2.75) is 19.1 Å². The molecule has 1 saturated heterocycles. The average Bonchev–Trinajstić information content (AvgIpc) is 2.83. The molecule has 1 aromatic rings. The Labute approximate surface area is 122 Å². The second-order valence-corrected chi connectivity index (χ2v) is 5.69. The maximum Gasteiger partial charge on any atom is 0.0731 e. The van der Waals surface area contributed by atoms with Gasteiger partial charge in [-0.25, -0.2) is 0 Å². The number of ether oxygens (including phenoxy) is 1. The number of nitrogens with zero attached hydrogens (tertiary/aromatic N) is 1. The van der Waals surface area contributed by atoms with Gasteiger partial charge >= 0.3 is 0 Å². The lowest BCUT2D eigenvalue weighted by molar-refractivity contribution is 0.198. The van der Waals surface area contributed by atoms with Gasteiger partial charge < -0.3 is 20.1 Å². The molecule has 0 aliphatic carbocycles. The van der Waals surface area contributed by atoms with Crippen molar-refractivity contribution in [3.05, 3.63) is 28.2 Å². The molecule has 4 nitrogen and oxygen atoms in total. The zero-order chi connectivity index (χ0) is 13.7. The second kappa shape index (κ2) is 7.24. The molecule has 2 N–H and O–H groups in total. The van der Waals surface area contributed by atoms with Gasteiger partial charge in [0.05, 0.1) is 12.7 Å². The van der Waals surface area contributed by atoms with Crippen LogP contribution in [0.25, 0.3) is 0 Å². The van der Waals surface area contributed by atoms with Gasteiger partial charge in [0.15, 0.2) is 0 Å². The second-order valence-electron chi connectivity index (χ2n) is 4.83. The Hall–Kier alpha value is -0.620. The number of rotatable bonds is 6. The van der Waals surface area contributed by atoms with Crippen molar-refractivity contribution < 1.29 is 9.84 Å². The van der Waals surface area contributed by atoms with E-state index >= 15 is 0 Å². The van der Waals surface area contributed by atoms with Crippen molar-refractivity contribution in [3.8, 4) is 0 Å². The van der Waals surface area contributed by atoms with Gasteiger partial charge in [0.1, 0.15) is 0 Å². The highest BCUT2D eigenvalue weighted by Gasteiger charge is 2.20. The molecule has 1 atom stereocenters. The summed E-state index contributed by atoms with van der Waals surface area (Å²) in [4.78, 5) is 2.22. The van der Waals surface area contributed by atoms with Gasteiger partial charge in [-0.3, -0.25) is 0 Å². The molecule has 0 aromatic heterocycles. The third kappa shape index (κ3) is 4.18. The summed E-state index contributed by atoms with van der Waals surface area (Å²) in [5.41, 5.74) is 2.41. The van der Waals surface area contributed by atoms with Crippen molar-refractivity contribution in [3.63, 3.8) is 0 Å². The molecule has 1 fully saturated rings. The first-order chi connectivity index (χ1) is 9.20. The highest BCUT2D eigenvalue weighted by atomic mass is 79.9. The Kier molecular flexibility index (Phi) is 5.63. The van der Waals surface area contributed by atoms with E-state index in [1.165, 1.54) is 11.3 Å². The third-order valence-electron chi connectivity index (χ3n) is 3.36.